The van der Waals surface area contributed by atoms with Crippen LogP contribution in [-0.4, -0.2) is 22.8 Å². The first-order valence-electron chi connectivity index (χ1n) is 20.6. The van der Waals surface area contributed by atoms with Crippen molar-refractivity contribution in [2.24, 2.45) is 20.0 Å². The molecular weight excluding hydrogens is 657 g/mol. The predicted molar refractivity (Wildman–Crippen MR) is 239 cm³/mol. The maximum absolute atomic E-state index is 5.38. The Kier molecular flexibility index (Phi) is 15.9. The molecule has 2 unspecified atom stereocenters. The molecule has 4 aromatic carbocycles. The molecule has 4 nitrogen and oxygen atoms in total. The summed E-state index contributed by atoms with van der Waals surface area (Å²) in [5, 5.41) is 0. The van der Waals surface area contributed by atoms with E-state index in [9.17, 15) is 0 Å². The van der Waals surface area contributed by atoms with Gasteiger partial charge >= 0.3 is 0 Å². The highest BCUT2D eigenvalue weighted by atomic mass is 14.8. The second-order valence-corrected chi connectivity index (χ2v) is 15.0. The molecule has 54 heavy (non-hydrogen) atoms. The van der Waals surface area contributed by atoms with E-state index in [0.29, 0.717) is 0 Å². The Morgan fingerprint density at radius 3 is 0.852 bits per heavy atom. The molecule has 0 heterocycles. The van der Waals surface area contributed by atoms with E-state index >= 15 is 0 Å². The lowest BCUT2D eigenvalue weighted by molar-refractivity contribution is 0.624. The third kappa shape index (κ3) is 10.4. The van der Waals surface area contributed by atoms with Crippen molar-refractivity contribution in [2.45, 2.75) is 146 Å². The van der Waals surface area contributed by atoms with E-state index in [1.807, 2.05) is 0 Å². The second kappa shape index (κ2) is 20.3. The number of hydrogen-bond acceptors (Lipinski definition) is 4. The van der Waals surface area contributed by atoms with E-state index in [1.54, 1.807) is 0 Å². The largest absolute Gasteiger partial charge is 0.257 e. The lowest BCUT2D eigenvalue weighted by Gasteiger charge is -2.26. The minimum absolute atomic E-state index is 0.226. The number of rotatable bonds is 17. The van der Waals surface area contributed by atoms with Crippen LogP contribution in [0.25, 0.3) is 0 Å². The van der Waals surface area contributed by atoms with Gasteiger partial charge in [0.25, 0.3) is 0 Å². The number of aryl methyl sites for hydroxylation is 6. The van der Waals surface area contributed by atoms with Crippen LogP contribution in [0.5, 0.6) is 0 Å². The summed E-state index contributed by atoms with van der Waals surface area (Å²) < 4.78 is 0. The topological polar surface area (TPSA) is 49.4 Å². The van der Waals surface area contributed by atoms with Gasteiger partial charge in [-0.1, -0.05) is 128 Å². The molecule has 286 valence electrons. The molecule has 0 bridgehead atoms. The summed E-state index contributed by atoms with van der Waals surface area (Å²) >= 11 is 0. The van der Waals surface area contributed by atoms with E-state index in [4.69, 9.17) is 20.0 Å². The van der Waals surface area contributed by atoms with E-state index in [0.717, 1.165) is 97.0 Å². The quantitative estimate of drug-likeness (QED) is 0.0975. The predicted octanol–water partition coefficient (Wildman–Crippen LogP) is 14.5. The number of para-hydroxylation sites is 4. The minimum atomic E-state index is 0.226. The Bertz CT molecular complexity index is 1820. The third-order valence-corrected chi connectivity index (χ3v) is 11.0. The van der Waals surface area contributed by atoms with Crippen molar-refractivity contribution in [3.05, 3.63) is 117 Å². The molecule has 0 radical (unpaired) electrons. The van der Waals surface area contributed by atoms with Crippen molar-refractivity contribution in [1.82, 2.24) is 0 Å². The number of aliphatic imine (C=N–C) groups is 4. The Balaban J connectivity index is 1.68. The summed E-state index contributed by atoms with van der Waals surface area (Å²) in [4.78, 5) is 21.1. The zero-order valence-electron chi connectivity index (χ0n) is 35.5. The van der Waals surface area contributed by atoms with Gasteiger partial charge in [-0.3, -0.25) is 20.0 Å². The molecule has 0 amide bonds. The van der Waals surface area contributed by atoms with Crippen molar-refractivity contribution in [3.63, 3.8) is 0 Å². The molecular formula is C50H66N4. The first kappa shape index (κ1) is 42.3. The monoisotopic (exact) mass is 723 g/mol. The maximum atomic E-state index is 5.38. The van der Waals surface area contributed by atoms with Gasteiger partial charge in [0.05, 0.1) is 22.7 Å². The highest BCUT2D eigenvalue weighted by molar-refractivity contribution is 6.05. The fraction of sp³-hybridized carbons (Fsp3) is 0.440. The summed E-state index contributed by atoms with van der Waals surface area (Å²) in [5.74, 6) is 0.452. The van der Waals surface area contributed by atoms with Crippen LogP contribution in [0.2, 0.25) is 0 Å². The number of benzene rings is 4. The molecule has 0 spiro atoms. The molecule has 0 N–H and O–H groups in total. The summed E-state index contributed by atoms with van der Waals surface area (Å²) in [6.07, 6.45) is 7.26. The molecule has 0 saturated heterocycles. The first-order valence-corrected chi connectivity index (χ1v) is 20.6. The highest BCUT2D eigenvalue weighted by Crippen LogP contribution is 2.43. The average molecular weight is 723 g/mol. The van der Waals surface area contributed by atoms with Gasteiger partial charge in [0, 0.05) is 35.7 Å². The molecule has 0 aliphatic heterocycles. The highest BCUT2D eigenvalue weighted by Gasteiger charge is 2.24. The van der Waals surface area contributed by atoms with Crippen LogP contribution in [0.3, 0.4) is 0 Å². The lowest BCUT2D eigenvalue weighted by atomic mass is 9.81. The van der Waals surface area contributed by atoms with Crippen LogP contribution in [0.4, 0.5) is 22.7 Å². The van der Waals surface area contributed by atoms with E-state index < -0.39 is 0 Å². The zero-order chi connectivity index (χ0) is 39.4. The van der Waals surface area contributed by atoms with E-state index in [-0.39, 0.29) is 11.8 Å². The molecule has 4 rings (SSSR count). The minimum Gasteiger partial charge on any atom is -0.257 e. The Morgan fingerprint density at radius 1 is 0.370 bits per heavy atom. The van der Waals surface area contributed by atoms with Gasteiger partial charge in [-0.2, -0.15) is 0 Å². The molecule has 0 aliphatic carbocycles. The van der Waals surface area contributed by atoms with Gasteiger partial charge in [0.2, 0.25) is 0 Å². The molecule has 4 aromatic rings. The second-order valence-electron chi connectivity index (χ2n) is 15.0. The SMILES string of the molecule is CCc1cccc(CC)c1N=C(C)CC(C)=Nc1c(CC)cccc1C(C)C(C)c1cccc(CC)c1N=C(C)CC(C)=Nc1c(CC)cccc1CC. The standard InChI is InChI=1S/C50H66N4/c1-13-39-23-19-24-40(14-2)47(39)51-33(7)31-35(9)53-49-43(17-5)27-21-29-45(49)37(11)38(12)46-30-22-28-44(18-6)50(46)54-36(10)32-34(8)52-48-41(15-3)25-20-26-42(48)16-4/h19-30,37-38H,13-18,31-32H2,1-12H3. The molecule has 0 fully saturated rings. The number of nitrogens with zero attached hydrogens (tertiary/aromatic N) is 4. The van der Waals surface area contributed by atoms with Crippen LogP contribution in [0.15, 0.2) is 92.8 Å². The molecule has 0 aromatic heterocycles. The Hall–Kier alpha value is -4.44. The summed E-state index contributed by atoms with van der Waals surface area (Å²) in [6, 6.07) is 26.6. The fourth-order valence-corrected chi connectivity index (χ4v) is 7.72. The van der Waals surface area contributed by atoms with Crippen LogP contribution >= 0.6 is 0 Å². The van der Waals surface area contributed by atoms with E-state index in [2.05, 4.69) is 156 Å². The Morgan fingerprint density at radius 2 is 0.593 bits per heavy atom. The van der Waals surface area contributed by atoms with Gasteiger partial charge in [0.15, 0.2) is 0 Å². The van der Waals surface area contributed by atoms with Gasteiger partial charge in [-0.05, 0) is 123 Å². The van der Waals surface area contributed by atoms with Crippen molar-refractivity contribution < 1.29 is 0 Å². The molecule has 4 heteroatoms. The van der Waals surface area contributed by atoms with Crippen molar-refractivity contribution in [2.75, 3.05) is 0 Å². The van der Waals surface area contributed by atoms with Crippen LogP contribution in [0.1, 0.15) is 152 Å². The van der Waals surface area contributed by atoms with Crippen LogP contribution in [0, 0.1) is 0 Å². The van der Waals surface area contributed by atoms with Crippen molar-refractivity contribution in [1.29, 1.82) is 0 Å². The molecule has 0 aliphatic rings. The number of hydrogen-bond donors (Lipinski definition) is 0. The smallest absolute Gasteiger partial charge is 0.0695 e. The van der Waals surface area contributed by atoms with Crippen molar-refractivity contribution >= 4 is 45.6 Å². The zero-order valence-corrected chi connectivity index (χ0v) is 35.5. The van der Waals surface area contributed by atoms with Gasteiger partial charge in [-0.15, -0.1) is 0 Å². The average Bonchev–Trinajstić information content (AvgIpc) is 3.17. The molecule has 0 saturated carbocycles. The summed E-state index contributed by atoms with van der Waals surface area (Å²) in [7, 11) is 0. The van der Waals surface area contributed by atoms with Gasteiger partial charge < -0.3 is 0 Å². The normalized spacial score (nSPS) is 14.1. The van der Waals surface area contributed by atoms with Crippen LogP contribution < -0.4 is 0 Å². The fourth-order valence-electron chi connectivity index (χ4n) is 7.72. The van der Waals surface area contributed by atoms with Gasteiger partial charge in [0.1, 0.15) is 0 Å². The summed E-state index contributed by atoms with van der Waals surface area (Å²) in [6.45, 7) is 26.6. The van der Waals surface area contributed by atoms with Gasteiger partial charge in [-0.25, -0.2) is 0 Å². The first-order chi connectivity index (χ1) is 26.0. The molecule has 2 atom stereocenters. The Labute approximate surface area is 328 Å². The third-order valence-electron chi connectivity index (χ3n) is 11.0. The summed E-state index contributed by atoms with van der Waals surface area (Å²) in [5.41, 5.74) is 19.3. The maximum Gasteiger partial charge on any atom is 0.0695 e. The van der Waals surface area contributed by atoms with E-state index in [1.165, 1.54) is 44.5 Å². The van der Waals surface area contributed by atoms with Crippen LogP contribution in [-0.2, 0) is 38.5 Å². The van der Waals surface area contributed by atoms with Crippen molar-refractivity contribution in [3.8, 4) is 0 Å². The lowest BCUT2D eigenvalue weighted by Crippen LogP contribution is -2.09.